The zero-order valence-electron chi connectivity index (χ0n) is 19.2. The predicted molar refractivity (Wildman–Crippen MR) is 139 cm³/mol. The van der Waals surface area contributed by atoms with Gasteiger partial charge in [0, 0.05) is 51.7 Å². The highest BCUT2D eigenvalue weighted by Gasteiger charge is 2.20. The van der Waals surface area contributed by atoms with Crippen molar-refractivity contribution in [3.05, 3.63) is 35.4 Å². The van der Waals surface area contributed by atoms with E-state index < -0.39 is 0 Å². The molecule has 0 aromatic heterocycles. The molecule has 2 aliphatic heterocycles. The first-order chi connectivity index (χ1) is 14.7. The average Bonchev–Trinajstić information content (AvgIpc) is 2.77. The Bertz CT molecular complexity index is 703. The van der Waals surface area contributed by atoms with E-state index in [0.717, 1.165) is 38.4 Å². The Kier molecular flexibility index (Phi) is 11.6. The van der Waals surface area contributed by atoms with Crippen LogP contribution in [0.5, 0.6) is 0 Å². The molecule has 1 aromatic rings. The first-order valence-corrected chi connectivity index (χ1v) is 11.8. The van der Waals surface area contributed by atoms with E-state index in [0.29, 0.717) is 19.0 Å². The molecule has 2 aliphatic rings. The Morgan fingerprint density at radius 3 is 2.58 bits per heavy atom. The zero-order chi connectivity index (χ0) is 21.2. The van der Waals surface area contributed by atoms with Crippen LogP contribution in [0.1, 0.15) is 57.1 Å². The standard InChI is InChI=1S/C24H39N5O.HI/c1-3-15-28-16-12-22(13-17-28)27-24(25-4-2)26-14-7-10-23(30)29-18-11-20-8-5-6-9-21(20)19-29;/h5-6,8-9,22H,3-4,7,10-19H2,1-2H3,(H2,25,26,27);1H. The number of likely N-dealkylation sites (tertiary alicyclic amines) is 1. The SMILES string of the molecule is CCCN1CCC(NC(=NCCCC(=O)N2CCc3ccccc3C2)NCC)CC1.I. The van der Waals surface area contributed by atoms with E-state index in [4.69, 9.17) is 4.99 Å². The molecular formula is C24H40IN5O. The lowest BCUT2D eigenvalue weighted by Gasteiger charge is -2.32. The van der Waals surface area contributed by atoms with E-state index in [1.807, 2.05) is 4.90 Å². The van der Waals surface area contributed by atoms with Crippen molar-refractivity contribution in [3.8, 4) is 0 Å². The number of fused-ring (bicyclic) bond motifs is 1. The minimum absolute atomic E-state index is 0. The number of hydrogen-bond acceptors (Lipinski definition) is 3. The summed E-state index contributed by atoms with van der Waals surface area (Å²) in [5.41, 5.74) is 2.67. The van der Waals surface area contributed by atoms with E-state index >= 15 is 0 Å². The molecule has 7 heteroatoms. The summed E-state index contributed by atoms with van der Waals surface area (Å²) in [6.45, 7) is 11.0. The monoisotopic (exact) mass is 541 g/mol. The zero-order valence-corrected chi connectivity index (χ0v) is 21.6. The number of nitrogens with zero attached hydrogens (tertiary/aromatic N) is 3. The molecule has 1 fully saturated rings. The van der Waals surface area contributed by atoms with Crippen LogP contribution >= 0.6 is 24.0 Å². The largest absolute Gasteiger partial charge is 0.357 e. The van der Waals surface area contributed by atoms with Gasteiger partial charge in [0.25, 0.3) is 0 Å². The summed E-state index contributed by atoms with van der Waals surface area (Å²) in [5.74, 6) is 1.15. The van der Waals surface area contributed by atoms with E-state index in [-0.39, 0.29) is 29.9 Å². The van der Waals surface area contributed by atoms with Crippen molar-refractivity contribution in [2.45, 2.75) is 65.0 Å². The normalized spacial score (nSPS) is 17.6. The van der Waals surface area contributed by atoms with Crippen LogP contribution in [0, 0.1) is 0 Å². The highest BCUT2D eigenvalue weighted by atomic mass is 127. The molecule has 1 aromatic carbocycles. The molecule has 0 saturated carbocycles. The van der Waals surface area contributed by atoms with Gasteiger partial charge in [0.15, 0.2) is 5.96 Å². The predicted octanol–water partition coefficient (Wildman–Crippen LogP) is 3.40. The molecule has 0 bridgehead atoms. The number of nitrogens with one attached hydrogen (secondary N) is 2. The van der Waals surface area contributed by atoms with Gasteiger partial charge in [-0.3, -0.25) is 9.79 Å². The number of rotatable bonds is 8. The van der Waals surface area contributed by atoms with Crippen molar-refractivity contribution in [2.24, 2.45) is 4.99 Å². The van der Waals surface area contributed by atoms with Gasteiger partial charge in [-0.05, 0) is 56.7 Å². The number of guanidine groups is 1. The van der Waals surface area contributed by atoms with Crippen LogP contribution in [0.25, 0.3) is 0 Å². The van der Waals surface area contributed by atoms with Gasteiger partial charge in [-0.25, -0.2) is 0 Å². The summed E-state index contributed by atoms with van der Waals surface area (Å²) >= 11 is 0. The lowest BCUT2D eigenvalue weighted by Crippen LogP contribution is -2.48. The maximum atomic E-state index is 12.6. The molecule has 2 heterocycles. The molecule has 0 spiro atoms. The maximum Gasteiger partial charge on any atom is 0.222 e. The Balaban J connectivity index is 0.00000341. The minimum atomic E-state index is 0. The van der Waals surface area contributed by atoms with E-state index in [2.05, 4.69) is 53.6 Å². The van der Waals surface area contributed by atoms with Crippen molar-refractivity contribution >= 4 is 35.8 Å². The van der Waals surface area contributed by atoms with Gasteiger partial charge in [0.05, 0.1) is 0 Å². The first-order valence-electron chi connectivity index (χ1n) is 11.8. The second kappa shape index (κ2) is 13.9. The van der Waals surface area contributed by atoms with Crippen LogP contribution in [0.4, 0.5) is 0 Å². The molecule has 3 rings (SSSR count). The van der Waals surface area contributed by atoms with Gasteiger partial charge < -0.3 is 20.4 Å². The molecular weight excluding hydrogens is 501 g/mol. The van der Waals surface area contributed by atoms with Gasteiger partial charge >= 0.3 is 0 Å². The van der Waals surface area contributed by atoms with Gasteiger partial charge in [0.1, 0.15) is 0 Å². The number of carbonyl (C=O) groups is 1. The fourth-order valence-electron chi connectivity index (χ4n) is 4.42. The number of benzene rings is 1. The smallest absolute Gasteiger partial charge is 0.222 e. The number of piperidine rings is 1. The molecule has 0 aliphatic carbocycles. The summed E-state index contributed by atoms with van der Waals surface area (Å²) < 4.78 is 0. The van der Waals surface area contributed by atoms with Crippen LogP contribution < -0.4 is 10.6 Å². The second-order valence-electron chi connectivity index (χ2n) is 8.46. The maximum absolute atomic E-state index is 12.6. The van der Waals surface area contributed by atoms with Gasteiger partial charge in [-0.2, -0.15) is 0 Å². The number of amides is 1. The molecule has 2 N–H and O–H groups in total. The van der Waals surface area contributed by atoms with Crippen LogP contribution in [0.2, 0.25) is 0 Å². The molecule has 1 amide bonds. The van der Waals surface area contributed by atoms with Gasteiger partial charge in [-0.15, -0.1) is 24.0 Å². The lowest BCUT2D eigenvalue weighted by molar-refractivity contribution is -0.132. The summed E-state index contributed by atoms with van der Waals surface area (Å²) in [5, 5.41) is 6.96. The second-order valence-corrected chi connectivity index (χ2v) is 8.46. The summed E-state index contributed by atoms with van der Waals surface area (Å²) in [4.78, 5) is 21.9. The topological polar surface area (TPSA) is 60.0 Å². The van der Waals surface area contributed by atoms with Crippen molar-refractivity contribution in [1.82, 2.24) is 20.4 Å². The first kappa shape index (κ1) is 25.9. The molecule has 174 valence electrons. The van der Waals surface area contributed by atoms with Crippen LogP contribution in [0.3, 0.4) is 0 Å². The summed E-state index contributed by atoms with van der Waals surface area (Å²) in [6, 6.07) is 8.95. The molecule has 0 atom stereocenters. The summed E-state index contributed by atoms with van der Waals surface area (Å²) in [7, 11) is 0. The van der Waals surface area contributed by atoms with Gasteiger partial charge in [0.2, 0.25) is 5.91 Å². The highest BCUT2D eigenvalue weighted by Crippen LogP contribution is 2.19. The van der Waals surface area contributed by atoms with E-state index in [1.54, 1.807) is 0 Å². The fourth-order valence-corrected chi connectivity index (χ4v) is 4.42. The third kappa shape index (κ3) is 8.25. The lowest BCUT2D eigenvalue weighted by atomic mass is 9.99. The fraction of sp³-hybridized carbons (Fsp3) is 0.667. The number of hydrogen-bond donors (Lipinski definition) is 2. The minimum Gasteiger partial charge on any atom is -0.357 e. The number of carbonyl (C=O) groups excluding carboxylic acids is 1. The van der Waals surface area contributed by atoms with Crippen molar-refractivity contribution in [2.75, 3.05) is 39.3 Å². The molecule has 1 saturated heterocycles. The average molecular weight is 542 g/mol. The van der Waals surface area contributed by atoms with E-state index in [1.165, 1.54) is 50.0 Å². The molecule has 0 radical (unpaired) electrons. The van der Waals surface area contributed by atoms with Crippen LogP contribution in [-0.2, 0) is 17.8 Å². The molecule has 0 unspecified atom stereocenters. The Morgan fingerprint density at radius 2 is 1.87 bits per heavy atom. The third-order valence-electron chi connectivity index (χ3n) is 6.11. The Labute approximate surface area is 205 Å². The van der Waals surface area contributed by atoms with Crippen LogP contribution in [-0.4, -0.2) is 67.0 Å². The number of aliphatic imine (C=N–C) groups is 1. The van der Waals surface area contributed by atoms with E-state index in [9.17, 15) is 4.79 Å². The quantitative estimate of drug-likeness (QED) is 0.229. The Hall–Kier alpha value is -1.35. The third-order valence-corrected chi connectivity index (χ3v) is 6.11. The van der Waals surface area contributed by atoms with Gasteiger partial charge in [-0.1, -0.05) is 31.2 Å². The molecule has 31 heavy (non-hydrogen) atoms. The highest BCUT2D eigenvalue weighted by molar-refractivity contribution is 14.0. The van der Waals surface area contributed by atoms with Crippen molar-refractivity contribution in [1.29, 1.82) is 0 Å². The molecule has 6 nitrogen and oxygen atoms in total. The van der Waals surface area contributed by atoms with Crippen molar-refractivity contribution < 1.29 is 4.79 Å². The summed E-state index contributed by atoms with van der Waals surface area (Å²) in [6.07, 6.45) is 5.89. The van der Waals surface area contributed by atoms with Crippen molar-refractivity contribution in [3.63, 3.8) is 0 Å². The van der Waals surface area contributed by atoms with Crippen LogP contribution in [0.15, 0.2) is 29.3 Å². The Morgan fingerprint density at radius 1 is 1.13 bits per heavy atom. The number of halogens is 1.